The number of unbranched alkanes of at least 4 members (excludes halogenated alkanes) is 48. The number of hydrogen-bond acceptors (Lipinski definition) is 5. The lowest BCUT2D eigenvalue weighted by molar-refractivity contribution is -0.143. The summed E-state index contributed by atoms with van der Waals surface area (Å²) < 4.78 is 5.48. The first kappa shape index (κ1) is 73.1. The molecule has 0 aliphatic rings. The molecular formula is C69H131NO5. The van der Waals surface area contributed by atoms with Gasteiger partial charge >= 0.3 is 5.97 Å². The summed E-state index contributed by atoms with van der Waals surface area (Å²) in [6, 6.07) is -0.623. The highest BCUT2D eigenvalue weighted by molar-refractivity contribution is 5.76. The molecule has 0 aromatic heterocycles. The van der Waals surface area contributed by atoms with Crippen LogP contribution in [0.25, 0.3) is 0 Å². The molecule has 0 fully saturated rings. The van der Waals surface area contributed by atoms with E-state index < -0.39 is 12.1 Å². The highest BCUT2D eigenvalue weighted by Gasteiger charge is 2.18. The van der Waals surface area contributed by atoms with Crippen molar-refractivity contribution in [2.24, 2.45) is 0 Å². The summed E-state index contributed by atoms with van der Waals surface area (Å²) in [6.07, 6.45) is 82.4. The third kappa shape index (κ3) is 61.2. The largest absolute Gasteiger partial charge is 0.466 e. The second-order valence-corrected chi connectivity index (χ2v) is 23.1. The van der Waals surface area contributed by atoms with Crippen molar-refractivity contribution in [2.75, 3.05) is 13.2 Å². The minimum Gasteiger partial charge on any atom is -0.466 e. The number of ether oxygens (including phenoxy) is 1. The van der Waals surface area contributed by atoms with Crippen LogP contribution in [0.3, 0.4) is 0 Å². The van der Waals surface area contributed by atoms with Crippen LogP contribution in [0.15, 0.2) is 36.5 Å². The van der Waals surface area contributed by atoms with Gasteiger partial charge in [-0.2, -0.15) is 0 Å². The van der Waals surface area contributed by atoms with Crippen LogP contribution < -0.4 is 5.32 Å². The molecule has 6 heteroatoms. The Morgan fingerprint density at radius 1 is 0.360 bits per heavy atom. The average Bonchev–Trinajstić information content (AvgIpc) is 3.41. The molecule has 0 aromatic carbocycles. The summed E-state index contributed by atoms with van der Waals surface area (Å²) in [5, 5.41) is 23.0. The van der Waals surface area contributed by atoms with Crippen LogP contribution in [0.1, 0.15) is 367 Å². The van der Waals surface area contributed by atoms with E-state index in [-0.39, 0.29) is 18.5 Å². The van der Waals surface area contributed by atoms with Crippen LogP contribution in [-0.4, -0.2) is 47.4 Å². The maximum absolute atomic E-state index is 12.4. The standard InChI is InChI=1S/C69H131NO5/c1-3-5-7-9-11-13-15-39-43-47-51-55-59-63-69(74)75-64-60-56-52-48-44-41-38-36-34-32-30-28-26-24-22-20-18-16-17-19-21-23-25-27-29-31-33-35-37-40-42-46-50-54-58-62-68(73)70-66(65-71)67(72)61-57-53-49-45-14-12-10-8-6-4-2/h13,15,18,20,57,61,66-67,71-72H,3-12,14,16-17,19,21-56,58-60,62-65H2,1-2H3,(H,70,73)/b15-13-,20-18-,61-57+. The molecule has 0 aliphatic carbocycles. The van der Waals surface area contributed by atoms with Gasteiger partial charge in [-0.3, -0.25) is 9.59 Å². The zero-order chi connectivity index (χ0) is 54.3. The van der Waals surface area contributed by atoms with E-state index in [0.717, 1.165) is 44.9 Å². The Morgan fingerprint density at radius 3 is 0.960 bits per heavy atom. The van der Waals surface area contributed by atoms with Crippen molar-refractivity contribution in [3.05, 3.63) is 36.5 Å². The van der Waals surface area contributed by atoms with Crippen LogP contribution in [0.5, 0.6) is 0 Å². The van der Waals surface area contributed by atoms with E-state index in [4.69, 9.17) is 4.74 Å². The molecule has 442 valence electrons. The van der Waals surface area contributed by atoms with Gasteiger partial charge in [-0.05, 0) is 83.5 Å². The van der Waals surface area contributed by atoms with Crippen molar-refractivity contribution >= 4 is 11.9 Å². The van der Waals surface area contributed by atoms with Crippen LogP contribution in [-0.2, 0) is 14.3 Å². The number of carbonyl (C=O) groups excluding carboxylic acids is 2. The summed E-state index contributed by atoms with van der Waals surface area (Å²) in [5.41, 5.74) is 0. The number of nitrogens with one attached hydrogen (secondary N) is 1. The number of allylic oxidation sites excluding steroid dienone is 5. The van der Waals surface area contributed by atoms with Gasteiger partial charge in [-0.15, -0.1) is 0 Å². The third-order valence-corrected chi connectivity index (χ3v) is 15.6. The van der Waals surface area contributed by atoms with Crippen molar-refractivity contribution in [1.82, 2.24) is 5.32 Å². The minimum absolute atomic E-state index is 0.0107. The van der Waals surface area contributed by atoms with Gasteiger partial charge in [0, 0.05) is 12.8 Å². The maximum Gasteiger partial charge on any atom is 0.305 e. The molecule has 0 spiro atoms. The monoisotopic (exact) mass is 1050 g/mol. The maximum atomic E-state index is 12.4. The van der Waals surface area contributed by atoms with Crippen molar-refractivity contribution in [1.29, 1.82) is 0 Å². The molecule has 0 aliphatic heterocycles. The highest BCUT2D eigenvalue weighted by atomic mass is 16.5. The Kier molecular flexibility index (Phi) is 63.0. The molecule has 2 unspecified atom stereocenters. The van der Waals surface area contributed by atoms with E-state index in [9.17, 15) is 19.8 Å². The van der Waals surface area contributed by atoms with Crippen LogP contribution >= 0.6 is 0 Å². The van der Waals surface area contributed by atoms with Gasteiger partial charge in [0.15, 0.2) is 0 Å². The van der Waals surface area contributed by atoms with E-state index in [1.165, 1.54) is 295 Å². The molecule has 0 bridgehead atoms. The number of rotatable bonds is 63. The predicted octanol–water partition coefficient (Wildman–Crippen LogP) is 21.5. The molecule has 0 rings (SSSR count). The van der Waals surface area contributed by atoms with E-state index >= 15 is 0 Å². The minimum atomic E-state index is -0.840. The summed E-state index contributed by atoms with van der Waals surface area (Å²) in [7, 11) is 0. The topological polar surface area (TPSA) is 95.9 Å². The van der Waals surface area contributed by atoms with E-state index in [2.05, 4.69) is 43.5 Å². The average molecular weight is 1050 g/mol. The van der Waals surface area contributed by atoms with Gasteiger partial charge < -0.3 is 20.3 Å². The quantitative estimate of drug-likeness (QED) is 0.0320. The molecule has 0 aromatic rings. The fourth-order valence-corrected chi connectivity index (χ4v) is 10.4. The van der Waals surface area contributed by atoms with E-state index in [0.29, 0.717) is 19.4 Å². The number of carbonyl (C=O) groups is 2. The SMILES string of the molecule is CCCCCC/C=C\CCCCCCCC(=O)OCCCCCCCCCCCCCCCC/C=C\CCCCCCCCCCCCCCCCCCCC(=O)NC(CO)C(O)/C=C/CCCCCCCCCC. The Balaban J connectivity index is 3.33. The lowest BCUT2D eigenvalue weighted by Gasteiger charge is -2.20. The molecule has 0 radical (unpaired) electrons. The number of aliphatic hydroxyl groups excluding tert-OH is 2. The first-order valence-electron chi connectivity index (χ1n) is 33.8. The summed E-state index contributed by atoms with van der Waals surface area (Å²) in [6.45, 7) is 4.89. The van der Waals surface area contributed by atoms with E-state index in [1.807, 2.05) is 6.08 Å². The molecule has 3 N–H and O–H groups in total. The van der Waals surface area contributed by atoms with Crippen molar-refractivity contribution in [3.8, 4) is 0 Å². The van der Waals surface area contributed by atoms with Crippen molar-refractivity contribution in [2.45, 2.75) is 379 Å². The number of aliphatic hydroxyl groups is 2. The summed E-state index contributed by atoms with van der Waals surface area (Å²) >= 11 is 0. The number of hydrogen-bond donors (Lipinski definition) is 3. The Labute approximate surface area is 468 Å². The number of esters is 1. The van der Waals surface area contributed by atoms with Gasteiger partial charge in [-0.25, -0.2) is 0 Å². The first-order chi connectivity index (χ1) is 37.0. The lowest BCUT2D eigenvalue weighted by Crippen LogP contribution is -2.45. The molecule has 2 atom stereocenters. The third-order valence-electron chi connectivity index (χ3n) is 15.6. The molecule has 0 saturated heterocycles. The fraction of sp³-hybridized carbons (Fsp3) is 0.884. The van der Waals surface area contributed by atoms with Gasteiger partial charge in [-0.1, -0.05) is 307 Å². The van der Waals surface area contributed by atoms with Gasteiger partial charge in [0.05, 0.1) is 25.4 Å². The first-order valence-corrected chi connectivity index (χ1v) is 33.8. The van der Waals surface area contributed by atoms with Crippen molar-refractivity contribution < 1.29 is 24.5 Å². The molecule has 1 amide bonds. The van der Waals surface area contributed by atoms with Crippen LogP contribution in [0.2, 0.25) is 0 Å². The summed E-state index contributed by atoms with van der Waals surface area (Å²) in [5.74, 6) is -0.0546. The second kappa shape index (κ2) is 64.6. The number of amides is 1. The molecule has 0 heterocycles. The Morgan fingerprint density at radius 2 is 0.627 bits per heavy atom. The Hall–Kier alpha value is -1.92. The van der Waals surface area contributed by atoms with Crippen LogP contribution in [0.4, 0.5) is 0 Å². The predicted molar refractivity (Wildman–Crippen MR) is 329 cm³/mol. The van der Waals surface area contributed by atoms with Crippen LogP contribution in [0, 0.1) is 0 Å². The Bertz CT molecular complexity index is 1210. The highest BCUT2D eigenvalue weighted by Crippen LogP contribution is 2.18. The molecule has 6 nitrogen and oxygen atoms in total. The zero-order valence-electron chi connectivity index (χ0n) is 50.5. The molecule has 75 heavy (non-hydrogen) atoms. The smallest absolute Gasteiger partial charge is 0.305 e. The van der Waals surface area contributed by atoms with Gasteiger partial charge in [0.1, 0.15) is 0 Å². The normalized spacial score (nSPS) is 12.7. The van der Waals surface area contributed by atoms with Gasteiger partial charge in [0.25, 0.3) is 0 Å². The molecule has 0 saturated carbocycles. The lowest BCUT2D eigenvalue weighted by atomic mass is 10.0. The van der Waals surface area contributed by atoms with Gasteiger partial charge in [0.2, 0.25) is 5.91 Å². The second-order valence-electron chi connectivity index (χ2n) is 23.1. The zero-order valence-corrected chi connectivity index (χ0v) is 50.5. The fourth-order valence-electron chi connectivity index (χ4n) is 10.4. The summed E-state index contributed by atoms with van der Waals surface area (Å²) in [4.78, 5) is 24.5. The van der Waals surface area contributed by atoms with E-state index in [1.54, 1.807) is 6.08 Å². The molecular weight excluding hydrogens is 923 g/mol. The van der Waals surface area contributed by atoms with Crippen molar-refractivity contribution in [3.63, 3.8) is 0 Å².